The maximum Gasteiger partial charge on any atom is 0.160 e. The Morgan fingerprint density at radius 1 is 1.21 bits per heavy atom. The summed E-state index contributed by atoms with van der Waals surface area (Å²) in [6.45, 7) is 0. The monoisotopic (exact) mass is 253 g/mol. The number of aromatic nitrogens is 2. The van der Waals surface area contributed by atoms with Gasteiger partial charge in [0.1, 0.15) is 5.75 Å². The van der Waals surface area contributed by atoms with E-state index in [2.05, 4.69) is 4.98 Å². The fraction of sp³-hybridized carbons (Fsp3) is 0.133. The van der Waals surface area contributed by atoms with Gasteiger partial charge in [-0.1, -0.05) is 12.1 Å². The average Bonchev–Trinajstić information content (AvgIpc) is 2.84. The zero-order valence-electron chi connectivity index (χ0n) is 10.7. The summed E-state index contributed by atoms with van der Waals surface area (Å²) in [5.41, 5.74) is 9.61. The maximum atomic E-state index is 5.90. The fourth-order valence-electron chi connectivity index (χ4n) is 2.12. The van der Waals surface area contributed by atoms with Crippen molar-refractivity contribution in [2.24, 2.45) is 0 Å². The molecule has 2 aromatic heterocycles. The molecule has 0 fully saturated rings. The predicted molar refractivity (Wildman–Crippen MR) is 75.4 cm³/mol. The number of imidazole rings is 1. The molecule has 0 aliphatic heterocycles. The Morgan fingerprint density at radius 3 is 2.68 bits per heavy atom. The zero-order chi connectivity index (χ0) is 13.2. The number of fused-ring (bicyclic) bond motifs is 1. The minimum absolute atomic E-state index is 0.698. The smallest absolute Gasteiger partial charge is 0.160 e. The fourth-order valence-corrected chi connectivity index (χ4v) is 2.12. The Kier molecular flexibility index (Phi) is 2.83. The third kappa shape index (κ3) is 2.25. The van der Waals surface area contributed by atoms with Gasteiger partial charge in [-0.3, -0.25) is 0 Å². The molecule has 96 valence electrons. The molecule has 0 unspecified atom stereocenters. The molecule has 0 aliphatic rings. The summed E-state index contributed by atoms with van der Waals surface area (Å²) >= 11 is 0. The molecule has 4 heteroatoms. The van der Waals surface area contributed by atoms with E-state index in [1.807, 2.05) is 53.2 Å². The lowest BCUT2D eigenvalue weighted by molar-refractivity contribution is 0.414. The van der Waals surface area contributed by atoms with Crippen LogP contribution in [0.4, 0.5) is 5.69 Å². The van der Waals surface area contributed by atoms with Gasteiger partial charge in [-0.2, -0.15) is 0 Å². The van der Waals surface area contributed by atoms with E-state index in [0.717, 1.165) is 23.5 Å². The second kappa shape index (κ2) is 4.65. The lowest BCUT2D eigenvalue weighted by atomic mass is 10.1. The van der Waals surface area contributed by atoms with Crippen molar-refractivity contribution in [2.75, 3.05) is 12.8 Å². The van der Waals surface area contributed by atoms with E-state index >= 15 is 0 Å². The normalized spacial score (nSPS) is 10.8. The van der Waals surface area contributed by atoms with Crippen molar-refractivity contribution in [3.05, 3.63) is 60.0 Å². The standard InChI is InChI=1S/C15H15N3O/c1-19-13-6-4-11(5-7-13)9-12-10-18-8-2-3-14(16)15(18)17-12/h2-8,10H,9,16H2,1H3. The molecule has 0 spiro atoms. The number of hydrogen-bond donors (Lipinski definition) is 1. The van der Waals surface area contributed by atoms with E-state index < -0.39 is 0 Å². The molecule has 2 heterocycles. The van der Waals surface area contributed by atoms with Gasteiger partial charge >= 0.3 is 0 Å². The molecule has 0 aliphatic carbocycles. The van der Waals surface area contributed by atoms with E-state index in [4.69, 9.17) is 10.5 Å². The van der Waals surface area contributed by atoms with Gasteiger partial charge in [0.05, 0.1) is 18.5 Å². The molecule has 0 amide bonds. The molecule has 1 aromatic carbocycles. The lowest BCUT2D eigenvalue weighted by Gasteiger charge is -2.01. The van der Waals surface area contributed by atoms with Crippen LogP contribution >= 0.6 is 0 Å². The second-order valence-electron chi connectivity index (χ2n) is 4.45. The van der Waals surface area contributed by atoms with Crippen molar-refractivity contribution in [1.29, 1.82) is 0 Å². The molecule has 3 aromatic rings. The van der Waals surface area contributed by atoms with E-state index in [-0.39, 0.29) is 0 Å². The van der Waals surface area contributed by atoms with E-state index in [0.29, 0.717) is 5.69 Å². The Labute approximate surface area is 111 Å². The summed E-state index contributed by atoms with van der Waals surface area (Å²) in [5, 5.41) is 0. The number of rotatable bonds is 3. The van der Waals surface area contributed by atoms with Crippen molar-refractivity contribution in [3.63, 3.8) is 0 Å². The predicted octanol–water partition coefficient (Wildman–Crippen LogP) is 2.52. The number of nitrogen functional groups attached to an aromatic ring is 1. The minimum Gasteiger partial charge on any atom is -0.497 e. The quantitative estimate of drug-likeness (QED) is 0.780. The molecule has 19 heavy (non-hydrogen) atoms. The van der Waals surface area contributed by atoms with Crippen LogP contribution in [0.3, 0.4) is 0 Å². The number of anilines is 1. The number of nitrogens with zero attached hydrogens (tertiary/aromatic N) is 2. The number of nitrogens with two attached hydrogens (primary N) is 1. The van der Waals surface area contributed by atoms with Crippen LogP contribution in [0.25, 0.3) is 5.65 Å². The van der Waals surface area contributed by atoms with Crippen molar-refractivity contribution < 1.29 is 4.74 Å². The average molecular weight is 253 g/mol. The number of hydrogen-bond acceptors (Lipinski definition) is 3. The van der Waals surface area contributed by atoms with Gasteiger partial charge < -0.3 is 14.9 Å². The first kappa shape index (κ1) is 11.6. The molecular weight excluding hydrogens is 238 g/mol. The van der Waals surface area contributed by atoms with Crippen LogP contribution in [-0.2, 0) is 6.42 Å². The number of pyridine rings is 1. The Balaban J connectivity index is 1.90. The van der Waals surface area contributed by atoms with Gasteiger partial charge in [-0.15, -0.1) is 0 Å². The van der Waals surface area contributed by atoms with Crippen molar-refractivity contribution in [3.8, 4) is 5.75 Å². The third-order valence-electron chi connectivity index (χ3n) is 3.11. The Bertz CT molecular complexity index is 701. The number of benzene rings is 1. The molecule has 0 saturated carbocycles. The van der Waals surface area contributed by atoms with Gasteiger partial charge in [0.25, 0.3) is 0 Å². The van der Waals surface area contributed by atoms with Crippen molar-refractivity contribution in [2.45, 2.75) is 6.42 Å². The van der Waals surface area contributed by atoms with Gasteiger partial charge in [-0.25, -0.2) is 4.98 Å². The number of methoxy groups -OCH3 is 1. The van der Waals surface area contributed by atoms with Crippen LogP contribution in [0.1, 0.15) is 11.3 Å². The highest BCUT2D eigenvalue weighted by Gasteiger charge is 2.05. The Hall–Kier alpha value is -2.49. The maximum absolute atomic E-state index is 5.90. The van der Waals surface area contributed by atoms with Crippen LogP contribution in [0.15, 0.2) is 48.8 Å². The zero-order valence-corrected chi connectivity index (χ0v) is 10.7. The van der Waals surface area contributed by atoms with E-state index in [1.165, 1.54) is 5.56 Å². The first-order valence-corrected chi connectivity index (χ1v) is 6.11. The highest BCUT2D eigenvalue weighted by Crippen LogP contribution is 2.17. The molecular formula is C15H15N3O. The lowest BCUT2D eigenvalue weighted by Crippen LogP contribution is -1.90. The van der Waals surface area contributed by atoms with Crippen molar-refractivity contribution in [1.82, 2.24) is 9.38 Å². The van der Waals surface area contributed by atoms with Crippen LogP contribution in [0.2, 0.25) is 0 Å². The molecule has 2 N–H and O–H groups in total. The minimum atomic E-state index is 0.698. The number of ether oxygens (including phenoxy) is 1. The third-order valence-corrected chi connectivity index (χ3v) is 3.11. The van der Waals surface area contributed by atoms with Gasteiger partial charge in [0.15, 0.2) is 5.65 Å². The summed E-state index contributed by atoms with van der Waals surface area (Å²) in [5.74, 6) is 0.864. The van der Waals surface area contributed by atoms with Crippen LogP contribution in [0, 0.1) is 0 Å². The summed E-state index contributed by atoms with van der Waals surface area (Å²) in [7, 11) is 1.67. The van der Waals surface area contributed by atoms with Gasteiger partial charge in [-0.05, 0) is 29.8 Å². The Morgan fingerprint density at radius 2 is 2.00 bits per heavy atom. The largest absolute Gasteiger partial charge is 0.497 e. The van der Waals surface area contributed by atoms with Crippen LogP contribution in [0.5, 0.6) is 5.75 Å². The molecule has 3 rings (SSSR count). The first-order valence-electron chi connectivity index (χ1n) is 6.11. The topological polar surface area (TPSA) is 52.5 Å². The summed E-state index contributed by atoms with van der Waals surface area (Å²) in [6.07, 6.45) is 4.75. The summed E-state index contributed by atoms with van der Waals surface area (Å²) in [6, 6.07) is 11.8. The SMILES string of the molecule is COc1ccc(Cc2cn3cccc(N)c3n2)cc1. The van der Waals surface area contributed by atoms with E-state index in [1.54, 1.807) is 7.11 Å². The molecule has 0 saturated heterocycles. The van der Waals surface area contributed by atoms with Crippen molar-refractivity contribution >= 4 is 11.3 Å². The highest BCUT2D eigenvalue weighted by molar-refractivity contribution is 5.64. The molecule has 0 radical (unpaired) electrons. The summed E-state index contributed by atoms with van der Waals surface area (Å²) in [4.78, 5) is 4.56. The molecule has 0 atom stereocenters. The highest BCUT2D eigenvalue weighted by atomic mass is 16.5. The first-order chi connectivity index (χ1) is 9.26. The van der Waals surface area contributed by atoms with Crippen LogP contribution in [-0.4, -0.2) is 16.5 Å². The van der Waals surface area contributed by atoms with Gasteiger partial charge in [0.2, 0.25) is 0 Å². The second-order valence-corrected chi connectivity index (χ2v) is 4.45. The summed E-state index contributed by atoms with van der Waals surface area (Å²) < 4.78 is 7.10. The molecule has 0 bridgehead atoms. The van der Waals surface area contributed by atoms with Crippen LogP contribution < -0.4 is 10.5 Å². The van der Waals surface area contributed by atoms with E-state index in [9.17, 15) is 0 Å². The van der Waals surface area contributed by atoms with Gasteiger partial charge in [0, 0.05) is 18.8 Å². The molecule has 4 nitrogen and oxygen atoms in total.